The summed E-state index contributed by atoms with van der Waals surface area (Å²) < 4.78 is 32.7. The van der Waals surface area contributed by atoms with Gasteiger partial charge in [0.05, 0.1) is 17.1 Å². The molecule has 2 rings (SSSR count). The van der Waals surface area contributed by atoms with E-state index in [-0.39, 0.29) is 35.4 Å². The first-order chi connectivity index (χ1) is 12.6. The van der Waals surface area contributed by atoms with Gasteiger partial charge in [-0.3, -0.25) is 4.79 Å². The molecule has 28 heavy (non-hydrogen) atoms. The second kappa shape index (κ2) is 10.0. The van der Waals surface area contributed by atoms with E-state index in [0.29, 0.717) is 25.2 Å². The molecule has 2 atom stereocenters. The Bertz CT molecular complexity index is 741. The summed E-state index contributed by atoms with van der Waals surface area (Å²) in [6.45, 7) is 8.71. The highest BCUT2D eigenvalue weighted by Crippen LogP contribution is 2.21. The number of benzene rings is 1. The SMILES string of the molecule is CCC(N)(CC)CNC(=O)c1ccc(S(=O)(=O)N2CC(C)OC(C)C2)cc1.Cl. The van der Waals surface area contributed by atoms with Crippen LogP contribution in [-0.2, 0) is 14.8 Å². The molecule has 160 valence electrons. The van der Waals surface area contributed by atoms with Crippen LogP contribution >= 0.6 is 12.4 Å². The van der Waals surface area contributed by atoms with Gasteiger partial charge < -0.3 is 15.8 Å². The van der Waals surface area contributed by atoms with E-state index in [0.717, 1.165) is 12.8 Å². The molecule has 0 aromatic heterocycles. The molecule has 1 saturated heterocycles. The molecule has 3 N–H and O–H groups in total. The van der Waals surface area contributed by atoms with Crippen molar-refractivity contribution in [1.82, 2.24) is 9.62 Å². The minimum absolute atomic E-state index is 0. The summed E-state index contributed by atoms with van der Waals surface area (Å²) in [4.78, 5) is 12.5. The number of hydrogen-bond donors (Lipinski definition) is 2. The van der Waals surface area contributed by atoms with E-state index in [1.165, 1.54) is 28.6 Å². The van der Waals surface area contributed by atoms with Crippen LogP contribution < -0.4 is 11.1 Å². The molecule has 9 heteroatoms. The number of nitrogens with one attached hydrogen (secondary N) is 1. The lowest BCUT2D eigenvalue weighted by Crippen LogP contribution is -2.49. The Balaban J connectivity index is 0.00000392. The Morgan fingerprint density at radius 2 is 1.68 bits per heavy atom. The number of nitrogens with two attached hydrogens (primary N) is 1. The number of halogens is 1. The molecular formula is C19H32ClN3O4S. The zero-order chi connectivity index (χ0) is 20.2. The van der Waals surface area contributed by atoms with E-state index in [2.05, 4.69) is 5.32 Å². The summed E-state index contributed by atoms with van der Waals surface area (Å²) in [5.74, 6) is -0.260. The van der Waals surface area contributed by atoms with Crippen molar-refractivity contribution in [3.8, 4) is 0 Å². The fraction of sp³-hybridized carbons (Fsp3) is 0.632. The molecule has 1 aromatic rings. The van der Waals surface area contributed by atoms with E-state index >= 15 is 0 Å². The fourth-order valence-electron chi connectivity index (χ4n) is 3.11. The Labute approximate surface area is 174 Å². The maximum Gasteiger partial charge on any atom is 0.251 e. The number of sulfonamides is 1. The second-order valence-electron chi connectivity index (χ2n) is 7.36. The van der Waals surface area contributed by atoms with Gasteiger partial charge in [0, 0.05) is 30.7 Å². The topological polar surface area (TPSA) is 102 Å². The van der Waals surface area contributed by atoms with Gasteiger partial charge in [-0.2, -0.15) is 4.31 Å². The first-order valence-corrected chi connectivity index (χ1v) is 10.9. The minimum Gasteiger partial charge on any atom is -0.373 e. The molecule has 1 aliphatic rings. The number of carbonyl (C=O) groups excluding carboxylic acids is 1. The van der Waals surface area contributed by atoms with E-state index < -0.39 is 15.6 Å². The normalized spacial score (nSPS) is 21.0. The monoisotopic (exact) mass is 433 g/mol. The third-order valence-electron chi connectivity index (χ3n) is 5.15. The van der Waals surface area contributed by atoms with Gasteiger partial charge in [0.1, 0.15) is 0 Å². The van der Waals surface area contributed by atoms with Crippen molar-refractivity contribution >= 4 is 28.3 Å². The number of rotatable bonds is 7. The Morgan fingerprint density at radius 3 is 2.14 bits per heavy atom. The summed E-state index contributed by atoms with van der Waals surface area (Å²) in [6, 6.07) is 6.02. The number of morpholine rings is 1. The molecule has 1 heterocycles. The molecule has 1 aromatic carbocycles. The van der Waals surface area contributed by atoms with Crippen molar-refractivity contribution in [2.75, 3.05) is 19.6 Å². The summed E-state index contributed by atoms with van der Waals surface area (Å²) in [5, 5.41) is 2.83. The molecule has 0 bridgehead atoms. The van der Waals surface area contributed by atoms with Crippen molar-refractivity contribution in [2.45, 2.75) is 63.2 Å². The van der Waals surface area contributed by atoms with Gasteiger partial charge in [-0.05, 0) is 51.0 Å². The molecule has 1 amide bonds. The van der Waals surface area contributed by atoms with Gasteiger partial charge in [0.25, 0.3) is 5.91 Å². The standard InChI is InChI=1S/C19H31N3O4S.ClH/c1-5-19(20,6-2)13-21-18(23)16-7-9-17(10-8-16)27(24,25)22-11-14(3)26-15(4)12-22;/h7-10,14-15H,5-6,11-13,20H2,1-4H3,(H,21,23);1H. The van der Waals surface area contributed by atoms with Crippen LogP contribution in [0.4, 0.5) is 0 Å². The number of amides is 1. The van der Waals surface area contributed by atoms with Gasteiger partial charge in [0.15, 0.2) is 0 Å². The van der Waals surface area contributed by atoms with E-state index in [1.807, 2.05) is 27.7 Å². The van der Waals surface area contributed by atoms with Crippen molar-refractivity contribution in [3.63, 3.8) is 0 Å². The molecule has 0 spiro atoms. The van der Waals surface area contributed by atoms with Crippen LogP contribution in [0.25, 0.3) is 0 Å². The lowest BCUT2D eigenvalue weighted by molar-refractivity contribution is -0.0440. The van der Waals surface area contributed by atoms with Crippen molar-refractivity contribution < 1.29 is 17.9 Å². The van der Waals surface area contributed by atoms with Gasteiger partial charge in [0.2, 0.25) is 10.0 Å². The summed E-state index contributed by atoms with van der Waals surface area (Å²) >= 11 is 0. The van der Waals surface area contributed by atoms with Crippen LogP contribution in [0.15, 0.2) is 29.2 Å². The van der Waals surface area contributed by atoms with E-state index in [1.54, 1.807) is 0 Å². The highest BCUT2D eigenvalue weighted by atomic mass is 35.5. The summed E-state index contributed by atoms with van der Waals surface area (Å²) in [6.07, 6.45) is 1.22. The second-order valence-corrected chi connectivity index (χ2v) is 9.29. The Kier molecular flexibility index (Phi) is 8.90. The highest BCUT2D eigenvalue weighted by Gasteiger charge is 2.32. The molecule has 1 aliphatic heterocycles. The zero-order valence-electron chi connectivity index (χ0n) is 17.0. The lowest BCUT2D eigenvalue weighted by atomic mass is 9.94. The van der Waals surface area contributed by atoms with Crippen molar-refractivity contribution in [1.29, 1.82) is 0 Å². The molecular weight excluding hydrogens is 402 g/mol. The number of carbonyl (C=O) groups is 1. The van der Waals surface area contributed by atoms with Crippen LogP contribution in [0.3, 0.4) is 0 Å². The lowest BCUT2D eigenvalue weighted by Gasteiger charge is -2.34. The first-order valence-electron chi connectivity index (χ1n) is 9.44. The van der Waals surface area contributed by atoms with Crippen molar-refractivity contribution in [2.24, 2.45) is 5.73 Å². The largest absolute Gasteiger partial charge is 0.373 e. The molecule has 0 radical (unpaired) electrons. The van der Waals surface area contributed by atoms with Crippen LogP contribution in [0.5, 0.6) is 0 Å². The molecule has 7 nitrogen and oxygen atoms in total. The van der Waals surface area contributed by atoms with Gasteiger partial charge >= 0.3 is 0 Å². The number of ether oxygens (including phenoxy) is 1. The van der Waals surface area contributed by atoms with E-state index in [4.69, 9.17) is 10.5 Å². The quantitative estimate of drug-likeness (QED) is 0.686. The van der Waals surface area contributed by atoms with Gasteiger partial charge in [-0.1, -0.05) is 13.8 Å². The number of hydrogen-bond acceptors (Lipinski definition) is 5. The van der Waals surface area contributed by atoms with E-state index in [9.17, 15) is 13.2 Å². The van der Waals surface area contributed by atoms with Gasteiger partial charge in [-0.15, -0.1) is 12.4 Å². The molecule has 1 fully saturated rings. The maximum atomic E-state index is 12.8. The minimum atomic E-state index is -3.61. The smallest absolute Gasteiger partial charge is 0.251 e. The van der Waals surface area contributed by atoms with Crippen LogP contribution in [0.2, 0.25) is 0 Å². The molecule has 0 saturated carbocycles. The first kappa shape index (κ1) is 24.8. The third kappa shape index (κ3) is 5.90. The Hall–Kier alpha value is -1.19. The number of nitrogens with zero attached hydrogens (tertiary/aromatic N) is 1. The summed E-state index contributed by atoms with van der Waals surface area (Å²) in [7, 11) is -3.61. The van der Waals surface area contributed by atoms with Crippen LogP contribution in [-0.4, -0.2) is 56.0 Å². The average molecular weight is 434 g/mol. The fourth-order valence-corrected chi connectivity index (χ4v) is 4.70. The van der Waals surface area contributed by atoms with Crippen LogP contribution in [0.1, 0.15) is 50.9 Å². The van der Waals surface area contributed by atoms with Gasteiger partial charge in [-0.25, -0.2) is 8.42 Å². The zero-order valence-corrected chi connectivity index (χ0v) is 18.6. The maximum absolute atomic E-state index is 12.8. The third-order valence-corrected chi connectivity index (χ3v) is 7.00. The van der Waals surface area contributed by atoms with Crippen molar-refractivity contribution in [3.05, 3.63) is 29.8 Å². The highest BCUT2D eigenvalue weighted by molar-refractivity contribution is 7.89. The molecule has 0 aliphatic carbocycles. The molecule has 2 unspecified atom stereocenters. The average Bonchev–Trinajstić information content (AvgIpc) is 2.65. The predicted octanol–water partition coefficient (Wildman–Crippen LogP) is 2.15. The van der Waals surface area contributed by atoms with Crippen LogP contribution in [0, 0.1) is 0 Å². The predicted molar refractivity (Wildman–Crippen MR) is 112 cm³/mol. The summed E-state index contributed by atoms with van der Waals surface area (Å²) in [5.41, 5.74) is 6.18. The Morgan fingerprint density at radius 1 is 1.18 bits per heavy atom.